The zero-order valence-electron chi connectivity index (χ0n) is 8.90. The van der Waals surface area contributed by atoms with E-state index in [1.165, 1.54) is 12.8 Å². The van der Waals surface area contributed by atoms with E-state index >= 15 is 0 Å². The SMILES string of the molecule is CCn1ncnc1C1CC(C)CCN1. The van der Waals surface area contributed by atoms with Gasteiger partial charge in [0.25, 0.3) is 0 Å². The van der Waals surface area contributed by atoms with Gasteiger partial charge in [-0.2, -0.15) is 5.10 Å². The summed E-state index contributed by atoms with van der Waals surface area (Å²) in [4.78, 5) is 4.33. The molecule has 1 saturated heterocycles. The van der Waals surface area contributed by atoms with Crippen LogP contribution in [-0.2, 0) is 6.54 Å². The van der Waals surface area contributed by atoms with Crippen LogP contribution in [0.15, 0.2) is 6.33 Å². The van der Waals surface area contributed by atoms with Crippen molar-refractivity contribution in [1.82, 2.24) is 20.1 Å². The van der Waals surface area contributed by atoms with Gasteiger partial charge in [0.1, 0.15) is 12.2 Å². The van der Waals surface area contributed by atoms with Crippen LogP contribution in [0.5, 0.6) is 0 Å². The van der Waals surface area contributed by atoms with Gasteiger partial charge in [0.15, 0.2) is 0 Å². The fraction of sp³-hybridized carbons (Fsp3) is 0.800. The van der Waals surface area contributed by atoms with Crippen LogP contribution in [0.3, 0.4) is 0 Å². The van der Waals surface area contributed by atoms with E-state index in [0.717, 1.165) is 24.8 Å². The monoisotopic (exact) mass is 194 g/mol. The number of nitrogens with zero attached hydrogens (tertiary/aromatic N) is 3. The Morgan fingerprint density at radius 3 is 3.21 bits per heavy atom. The molecule has 14 heavy (non-hydrogen) atoms. The first-order valence-electron chi connectivity index (χ1n) is 5.42. The molecule has 0 spiro atoms. The molecule has 1 aromatic heterocycles. The van der Waals surface area contributed by atoms with Crippen molar-refractivity contribution in [1.29, 1.82) is 0 Å². The van der Waals surface area contributed by atoms with Crippen molar-refractivity contribution in [3.05, 3.63) is 12.2 Å². The summed E-state index contributed by atoms with van der Waals surface area (Å²) < 4.78 is 1.98. The Morgan fingerprint density at radius 2 is 2.50 bits per heavy atom. The van der Waals surface area contributed by atoms with Gasteiger partial charge < -0.3 is 5.32 Å². The molecule has 1 aliphatic heterocycles. The smallest absolute Gasteiger partial charge is 0.143 e. The van der Waals surface area contributed by atoms with Crippen LogP contribution in [0, 0.1) is 5.92 Å². The van der Waals surface area contributed by atoms with Crippen LogP contribution < -0.4 is 5.32 Å². The predicted octanol–water partition coefficient (Wildman–Crippen LogP) is 1.36. The number of hydrogen-bond donors (Lipinski definition) is 1. The van der Waals surface area contributed by atoms with Crippen LogP contribution in [0.2, 0.25) is 0 Å². The molecule has 0 bridgehead atoms. The van der Waals surface area contributed by atoms with E-state index in [-0.39, 0.29) is 0 Å². The minimum atomic E-state index is 0.404. The third kappa shape index (κ3) is 1.80. The third-order valence-electron chi connectivity index (χ3n) is 2.92. The summed E-state index contributed by atoms with van der Waals surface area (Å²) >= 11 is 0. The lowest BCUT2D eigenvalue weighted by atomic mass is 9.94. The highest BCUT2D eigenvalue weighted by molar-refractivity contribution is 4.96. The molecule has 1 aromatic rings. The fourth-order valence-corrected chi connectivity index (χ4v) is 2.09. The zero-order chi connectivity index (χ0) is 9.97. The van der Waals surface area contributed by atoms with Gasteiger partial charge in [0, 0.05) is 6.54 Å². The number of aromatic nitrogens is 3. The van der Waals surface area contributed by atoms with E-state index in [4.69, 9.17) is 0 Å². The summed E-state index contributed by atoms with van der Waals surface area (Å²) in [7, 11) is 0. The van der Waals surface area contributed by atoms with Gasteiger partial charge in [0.05, 0.1) is 6.04 Å². The maximum Gasteiger partial charge on any atom is 0.143 e. The second-order valence-electron chi connectivity index (χ2n) is 4.07. The molecule has 2 rings (SSSR count). The Hall–Kier alpha value is -0.900. The summed E-state index contributed by atoms with van der Waals surface area (Å²) in [6, 6.07) is 0.404. The molecular weight excluding hydrogens is 176 g/mol. The topological polar surface area (TPSA) is 42.7 Å². The van der Waals surface area contributed by atoms with Gasteiger partial charge in [-0.25, -0.2) is 9.67 Å². The highest BCUT2D eigenvalue weighted by atomic mass is 15.3. The van der Waals surface area contributed by atoms with E-state index in [1.807, 2.05) is 4.68 Å². The van der Waals surface area contributed by atoms with E-state index in [2.05, 4.69) is 29.2 Å². The molecule has 1 N–H and O–H groups in total. The first kappa shape index (κ1) is 9.65. The van der Waals surface area contributed by atoms with Crippen LogP contribution in [-0.4, -0.2) is 21.3 Å². The molecule has 78 valence electrons. The molecule has 0 radical (unpaired) electrons. The Balaban J connectivity index is 2.13. The van der Waals surface area contributed by atoms with Crippen LogP contribution in [0.1, 0.15) is 38.6 Å². The van der Waals surface area contributed by atoms with E-state index < -0.39 is 0 Å². The summed E-state index contributed by atoms with van der Waals surface area (Å²) in [6.07, 6.45) is 4.11. The Labute approximate surface area is 84.7 Å². The van der Waals surface area contributed by atoms with Crippen molar-refractivity contribution >= 4 is 0 Å². The van der Waals surface area contributed by atoms with Gasteiger partial charge >= 0.3 is 0 Å². The van der Waals surface area contributed by atoms with Gasteiger partial charge in [-0.1, -0.05) is 6.92 Å². The number of aryl methyl sites for hydroxylation is 1. The molecule has 0 saturated carbocycles. The molecule has 0 aliphatic carbocycles. The molecule has 1 fully saturated rings. The Kier molecular flexibility index (Phi) is 2.82. The standard InChI is InChI=1S/C10H18N4/c1-3-14-10(12-7-13-14)9-6-8(2)4-5-11-9/h7-9,11H,3-6H2,1-2H3. The average molecular weight is 194 g/mol. The lowest BCUT2D eigenvalue weighted by Crippen LogP contribution is -2.32. The molecule has 0 amide bonds. The number of nitrogens with one attached hydrogen (secondary N) is 1. The first-order valence-corrected chi connectivity index (χ1v) is 5.42. The van der Waals surface area contributed by atoms with E-state index in [1.54, 1.807) is 6.33 Å². The van der Waals surface area contributed by atoms with Crippen molar-refractivity contribution in [3.8, 4) is 0 Å². The van der Waals surface area contributed by atoms with Crippen LogP contribution in [0.4, 0.5) is 0 Å². The van der Waals surface area contributed by atoms with Gasteiger partial charge in [-0.15, -0.1) is 0 Å². The van der Waals surface area contributed by atoms with Gasteiger partial charge in [-0.05, 0) is 32.2 Å². The number of rotatable bonds is 2. The fourth-order valence-electron chi connectivity index (χ4n) is 2.09. The van der Waals surface area contributed by atoms with Gasteiger partial charge in [0.2, 0.25) is 0 Å². The first-order chi connectivity index (χ1) is 6.81. The Morgan fingerprint density at radius 1 is 1.64 bits per heavy atom. The van der Waals surface area contributed by atoms with Crippen molar-refractivity contribution in [2.75, 3.05) is 6.54 Å². The zero-order valence-corrected chi connectivity index (χ0v) is 8.90. The largest absolute Gasteiger partial charge is 0.307 e. The van der Waals surface area contributed by atoms with Crippen LogP contribution in [0.25, 0.3) is 0 Å². The number of hydrogen-bond acceptors (Lipinski definition) is 3. The van der Waals surface area contributed by atoms with Crippen molar-refractivity contribution < 1.29 is 0 Å². The molecule has 0 aromatic carbocycles. The van der Waals surface area contributed by atoms with Crippen LogP contribution >= 0.6 is 0 Å². The minimum absolute atomic E-state index is 0.404. The normalized spacial score (nSPS) is 27.9. The molecular formula is C10H18N4. The lowest BCUT2D eigenvalue weighted by Gasteiger charge is -2.27. The summed E-state index contributed by atoms with van der Waals surface area (Å²) in [6.45, 7) is 6.41. The lowest BCUT2D eigenvalue weighted by molar-refractivity contribution is 0.307. The quantitative estimate of drug-likeness (QED) is 0.773. The second-order valence-corrected chi connectivity index (χ2v) is 4.07. The van der Waals surface area contributed by atoms with Crippen molar-refractivity contribution in [2.24, 2.45) is 5.92 Å². The second kappa shape index (κ2) is 4.09. The molecule has 4 heteroatoms. The average Bonchev–Trinajstić information content (AvgIpc) is 2.65. The molecule has 2 atom stereocenters. The Bertz CT molecular complexity index is 294. The molecule has 1 aliphatic rings. The van der Waals surface area contributed by atoms with Crippen molar-refractivity contribution in [2.45, 2.75) is 39.3 Å². The maximum absolute atomic E-state index is 4.33. The highest BCUT2D eigenvalue weighted by Crippen LogP contribution is 2.25. The summed E-state index contributed by atoms with van der Waals surface area (Å²) in [5.41, 5.74) is 0. The third-order valence-corrected chi connectivity index (χ3v) is 2.92. The number of piperidine rings is 1. The molecule has 2 heterocycles. The maximum atomic E-state index is 4.33. The minimum Gasteiger partial charge on any atom is -0.307 e. The molecule has 2 unspecified atom stereocenters. The predicted molar refractivity (Wildman–Crippen MR) is 54.8 cm³/mol. The van der Waals surface area contributed by atoms with Gasteiger partial charge in [-0.3, -0.25) is 0 Å². The summed E-state index contributed by atoms with van der Waals surface area (Å²) in [5.74, 6) is 1.89. The van der Waals surface area contributed by atoms with Crippen molar-refractivity contribution in [3.63, 3.8) is 0 Å². The highest BCUT2D eigenvalue weighted by Gasteiger charge is 2.23. The summed E-state index contributed by atoms with van der Waals surface area (Å²) in [5, 5.41) is 7.70. The van der Waals surface area contributed by atoms with E-state index in [0.29, 0.717) is 6.04 Å². The molecule has 4 nitrogen and oxygen atoms in total. The van der Waals surface area contributed by atoms with E-state index in [9.17, 15) is 0 Å².